The van der Waals surface area contributed by atoms with Crippen LogP contribution in [-0.4, -0.2) is 29.9 Å². The second-order valence-corrected chi connectivity index (χ2v) is 8.28. The molecule has 0 spiro atoms. The molecule has 0 saturated carbocycles. The quantitative estimate of drug-likeness (QED) is 0.493. The van der Waals surface area contributed by atoms with Crippen molar-refractivity contribution in [3.63, 3.8) is 0 Å². The lowest BCUT2D eigenvalue weighted by molar-refractivity contribution is -0.137. The standard InChI is InChI=1S/C26H24F3N3O2/c1-18-6-2-8-20(14-18)24(33)30-22-10-4-11-23(16-22)32-13-5-12-31(25(32)34)17-19-7-3-9-21(15-19)26(27,28)29/h2-4,6-11,14-16H,5,12-13,17H2,1H3,(H,30,33). The van der Waals surface area contributed by atoms with E-state index in [2.05, 4.69) is 5.32 Å². The lowest BCUT2D eigenvalue weighted by Crippen LogP contribution is -2.49. The van der Waals surface area contributed by atoms with Crippen molar-refractivity contribution in [2.45, 2.75) is 26.1 Å². The van der Waals surface area contributed by atoms with Crippen molar-refractivity contribution in [2.24, 2.45) is 0 Å². The second-order valence-electron chi connectivity index (χ2n) is 8.28. The first kappa shape index (κ1) is 23.4. The highest BCUT2D eigenvalue weighted by molar-refractivity contribution is 6.05. The van der Waals surface area contributed by atoms with Crippen molar-refractivity contribution in [3.05, 3.63) is 95.1 Å². The van der Waals surface area contributed by atoms with Crippen LogP contribution in [-0.2, 0) is 12.7 Å². The van der Waals surface area contributed by atoms with Crippen molar-refractivity contribution < 1.29 is 22.8 Å². The molecule has 3 aromatic rings. The molecule has 3 amide bonds. The third-order valence-electron chi connectivity index (χ3n) is 5.63. The van der Waals surface area contributed by atoms with Gasteiger partial charge in [0.2, 0.25) is 0 Å². The van der Waals surface area contributed by atoms with Gasteiger partial charge in [-0.3, -0.25) is 9.69 Å². The molecule has 0 aromatic heterocycles. The number of amides is 3. The highest BCUT2D eigenvalue weighted by Crippen LogP contribution is 2.30. The number of alkyl halides is 3. The molecule has 0 aliphatic carbocycles. The van der Waals surface area contributed by atoms with E-state index in [0.29, 0.717) is 42.0 Å². The summed E-state index contributed by atoms with van der Waals surface area (Å²) in [5, 5.41) is 2.85. The Hall–Kier alpha value is -3.81. The SMILES string of the molecule is Cc1cccc(C(=O)Nc2cccc(N3CCCN(Cc4cccc(C(F)(F)F)c4)C3=O)c2)c1. The van der Waals surface area contributed by atoms with E-state index >= 15 is 0 Å². The number of hydrogen-bond donors (Lipinski definition) is 1. The molecule has 34 heavy (non-hydrogen) atoms. The lowest BCUT2D eigenvalue weighted by atomic mass is 10.1. The molecule has 176 valence electrons. The Bertz CT molecular complexity index is 1210. The third-order valence-corrected chi connectivity index (χ3v) is 5.63. The molecule has 0 bridgehead atoms. The van der Waals surface area contributed by atoms with Crippen molar-refractivity contribution in [2.75, 3.05) is 23.3 Å². The van der Waals surface area contributed by atoms with Gasteiger partial charge in [0.25, 0.3) is 5.91 Å². The van der Waals surface area contributed by atoms with E-state index in [9.17, 15) is 22.8 Å². The Morgan fingerprint density at radius 3 is 2.50 bits per heavy atom. The van der Waals surface area contributed by atoms with E-state index in [1.54, 1.807) is 47.4 Å². The van der Waals surface area contributed by atoms with E-state index in [-0.39, 0.29) is 18.5 Å². The molecule has 4 rings (SSSR count). The number of carbonyl (C=O) groups excluding carboxylic acids is 2. The fraction of sp³-hybridized carbons (Fsp3) is 0.231. The number of anilines is 2. The minimum absolute atomic E-state index is 0.0863. The zero-order chi connectivity index (χ0) is 24.3. The average molecular weight is 467 g/mol. The normalized spacial score (nSPS) is 14.3. The summed E-state index contributed by atoms with van der Waals surface area (Å²) in [7, 11) is 0. The summed E-state index contributed by atoms with van der Waals surface area (Å²) in [6.07, 6.45) is -3.76. The predicted molar refractivity (Wildman–Crippen MR) is 125 cm³/mol. The van der Waals surface area contributed by atoms with Gasteiger partial charge in [-0.05, 0) is 61.4 Å². The number of aryl methyl sites for hydroxylation is 1. The topological polar surface area (TPSA) is 52.7 Å². The van der Waals surface area contributed by atoms with Crippen LogP contribution in [0.15, 0.2) is 72.8 Å². The van der Waals surface area contributed by atoms with Gasteiger partial charge in [-0.1, -0.05) is 35.9 Å². The Kier molecular flexibility index (Phi) is 6.58. The molecule has 8 heteroatoms. The van der Waals surface area contributed by atoms with E-state index in [4.69, 9.17) is 0 Å². The van der Waals surface area contributed by atoms with Crippen LogP contribution < -0.4 is 10.2 Å². The second kappa shape index (κ2) is 9.59. The summed E-state index contributed by atoms with van der Waals surface area (Å²) in [6.45, 7) is 2.93. The number of nitrogens with zero attached hydrogens (tertiary/aromatic N) is 2. The summed E-state index contributed by atoms with van der Waals surface area (Å²) in [4.78, 5) is 28.9. The molecule has 1 heterocycles. The highest BCUT2D eigenvalue weighted by Gasteiger charge is 2.31. The van der Waals surface area contributed by atoms with Gasteiger partial charge in [0, 0.05) is 36.6 Å². The van der Waals surface area contributed by atoms with Gasteiger partial charge in [0.05, 0.1) is 5.56 Å². The first-order valence-corrected chi connectivity index (χ1v) is 10.9. The number of urea groups is 1. The molecule has 0 unspecified atom stereocenters. The fourth-order valence-corrected chi connectivity index (χ4v) is 3.98. The molecule has 1 fully saturated rings. The number of rotatable bonds is 5. The van der Waals surface area contributed by atoms with Crippen LogP contribution >= 0.6 is 0 Å². The van der Waals surface area contributed by atoms with Crippen LogP contribution in [0.2, 0.25) is 0 Å². The Labute approximate surface area is 195 Å². The molecule has 3 aromatic carbocycles. The predicted octanol–water partition coefficient (Wildman–Crippen LogP) is 6.10. The van der Waals surface area contributed by atoms with Crippen LogP contribution in [0.5, 0.6) is 0 Å². The summed E-state index contributed by atoms with van der Waals surface area (Å²) in [5.74, 6) is -0.253. The van der Waals surface area contributed by atoms with Gasteiger partial charge >= 0.3 is 12.2 Å². The molecule has 1 aliphatic heterocycles. The molecule has 1 N–H and O–H groups in total. The van der Waals surface area contributed by atoms with Crippen LogP contribution in [0, 0.1) is 6.92 Å². The van der Waals surface area contributed by atoms with Gasteiger partial charge in [-0.2, -0.15) is 13.2 Å². The average Bonchev–Trinajstić information content (AvgIpc) is 2.80. The molecule has 1 aliphatic rings. The molecular weight excluding hydrogens is 443 g/mol. The molecule has 1 saturated heterocycles. The molecule has 0 atom stereocenters. The van der Waals surface area contributed by atoms with Crippen LogP contribution in [0.1, 0.15) is 33.5 Å². The lowest BCUT2D eigenvalue weighted by Gasteiger charge is -2.36. The summed E-state index contributed by atoms with van der Waals surface area (Å²) >= 11 is 0. The van der Waals surface area contributed by atoms with Crippen LogP contribution in [0.3, 0.4) is 0 Å². The van der Waals surface area contributed by atoms with Gasteiger partial charge in [-0.25, -0.2) is 4.79 Å². The maximum atomic E-state index is 13.1. The number of nitrogens with one attached hydrogen (secondary N) is 1. The smallest absolute Gasteiger partial charge is 0.322 e. The van der Waals surface area contributed by atoms with E-state index in [1.807, 2.05) is 19.1 Å². The van der Waals surface area contributed by atoms with E-state index in [1.165, 1.54) is 11.0 Å². The summed E-state index contributed by atoms with van der Waals surface area (Å²) < 4.78 is 39.1. The Balaban J connectivity index is 1.48. The van der Waals surface area contributed by atoms with Crippen molar-refractivity contribution in [3.8, 4) is 0 Å². The van der Waals surface area contributed by atoms with E-state index < -0.39 is 11.7 Å². The molecular formula is C26H24F3N3O2. The minimum atomic E-state index is -4.43. The molecule has 5 nitrogen and oxygen atoms in total. The molecule has 0 radical (unpaired) electrons. The van der Waals surface area contributed by atoms with E-state index in [0.717, 1.165) is 17.7 Å². The number of benzene rings is 3. The van der Waals surface area contributed by atoms with Crippen LogP contribution in [0.4, 0.5) is 29.3 Å². The number of hydrogen-bond acceptors (Lipinski definition) is 2. The van der Waals surface area contributed by atoms with Crippen molar-refractivity contribution >= 4 is 23.3 Å². The zero-order valence-corrected chi connectivity index (χ0v) is 18.6. The number of halogens is 3. The van der Waals surface area contributed by atoms with Gasteiger partial charge < -0.3 is 10.2 Å². The minimum Gasteiger partial charge on any atom is -0.322 e. The number of carbonyl (C=O) groups is 2. The van der Waals surface area contributed by atoms with Gasteiger partial charge in [0.1, 0.15) is 0 Å². The van der Waals surface area contributed by atoms with Crippen LogP contribution in [0.25, 0.3) is 0 Å². The van der Waals surface area contributed by atoms with Gasteiger partial charge in [0.15, 0.2) is 0 Å². The van der Waals surface area contributed by atoms with Crippen molar-refractivity contribution in [1.29, 1.82) is 0 Å². The maximum absolute atomic E-state index is 13.1. The highest BCUT2D eigenvalue weighted by atomic mass is 19.4. The summed E-state index contributed by atoms with van der Waals surface area (Å²) in [5.41, 5.74) is 2.35. The zero-order valence-electron chi connectivity index (χ0n) is 18.6. The van der Waals surface area contributed by atoms with Gasteiger partial charge in [-0.15, -0.1) is 0 Å². The first-order valence-electron chi connectivity index (χ1n) is 10.9. The first-order chi connectivity index (χ1) is 16.2. The third kappa shape index (κ3) is 5.39. The maximum Gasteiger partial charge on any atom is 0.416 e. The Morgan fingerprint density at radius 2 is 1.74 bits per heavy atom. The monoisotopic (exact) mass is 467 g/mol. The fourth-order valence-electron chi connectivity index (χ4n) is 3.98. The Morgan fingerprint density at radius 1 is 0.971 bits per heavy atom. The largest absolute Gasteiger partial charge is 0.416 e. The summed E-state index contributed by atoms with van der Waals surface area (Å²) in [6, 6.07) is 19.0. The van der Waals surface area contributed by atoms with Crippen molar-refractivity contribution in [1.82, 2.24) is 4.90 Å².